The lowest BCUT2D eigenvalue weighted by Gasteiger charge is -2.12. The molecule has 0 heterocycles. The number of carbonyl (C=O) groups excluding carboxylic acids is 2. The molecule has 136 valence electrons. The zero-order chi connectivity index (χ0) is 19.1. The highest BCUT2D eigenvalue weighted by molar-refractivity contribution is 9.10. The monoisotopic (exact) mass is 455 g/mol. The van der Waals surface area contributed by atoms with Crippen molar-refractivity contribution in [3.63, 3.8) is 0 Å². The first-order chi connectivity index (χ1) is 12.4. The van der Waals surface area contributed by atoms with E-state index in [4.69, 9.17) is 28.6 Å². The van der Waals surface area contributed by atoms with E-state index in [9.17, 15) is 9.59 Å². The van der Waals surface area contributed by atoms with Crippen LogP contribution in [-0.4, -0.2) is 23.5 Å². The number of hydrazine groups is 1. The number of hydrogen-bond donors (Lipinski definition) is 3. The maximum atomic E-state index is 12.2. The summed E-state index contributed by atoms with van der Waals surface area (Å²) in [5.41, 5.74) is 5.65. The minimum Gasteiger partial charge on any atom is -0.493 e. The van der Waals surface area contributed by atoms with Gasteiger partial charge in [-0.2, -0.15) is 0 Å². The van der Waals surface area contributed by atoms with Gasteiger partial charge in [-0.1, -0.05) is 11.6 Å². The molecule has 0 radical (unpaired) electrons. The second-order valence-electron chi connectivity index (χ2n) is 4.95. The number of hydrogen-bond acceptors (Lipinski definition) is 4. The van der Waals surface area contributed by atoms with E-state index >= 15 is 0 Å². The van der Waals surface area contributed by atoms with Crippen LogP contribution in [0.15, 0.2) is 46.9 Å². The second-order valence-corrected chi connectivity index (χ2v) is 6.65. The van der Waals surface area contributed by atoms with Gasteiger partial charge in [0.2, 0.25) is 0 Å². The number of halogens is 2. The number of nitrogens with one attached hydrogen (secondary N) is 3. The molecular weight excluding hydrogens is 442 g/mol. The average Bonchev–Trinajstić information content (AvgIpc) is 2.62. The van der Waals surface area contributed by atoms with Crippen LogP contribution in [0.25, 0.3) is 0 Å². The molecule has 0 aliphatic rings. The van der Waals surface area contributed by atoms with Crippen LogP contribution < -0.4 is 20.9 Å². The van der Waals surface area contributed by atoms with Crippen molar-refractivity contribution in [3.05, 3.63) is 63.1 Å². The summed E-state index contributed by atoms with van der Waals surface area (Å²) in [7, 11) is 0. The van der Waals surface area contributed by atoms with Crippen LogP contribution in [0.5, 0.6) is 5.75 Å². The Morgan fingerprint density at radius 1 is 1.08 bits per heavy atom. The fourth-order valence-corrected chi connectivity index (χ4v) is 2.67. The highest BCUT2D eigenvalue weighted by Gasteiger charge is 2.11. The number of thiocarbonyl (C=S) groups is 1. The van der Waals surface area contributed by atoms with Gasteiger partial charge in [0, 0.05) is 16.1 Å². The Labute approximate surface area is 169 Å². The van der Waals surface area contributed by atoms with E-state index in [1.807, 2.05) is 6.92 Å². The fourth-order valence-electron chi connectivity index (χ4n) is 1.91. The topological polar surface area (TPSA) is 79.5 Å². The number of amides is 2. The molecule has 0 aliphatic carbocycles. The highest BCUT2D eigenvalue weighted by atomic mass is 79.9. The van der Waals surface area contributed by atoms with Gasteiger partial charge in [0.15, 0.2) is 5.11 Å². The van der Waals surface area contributed by atoms with Gasteiger partial charge in [-0.15, -0.1) is 0 Å². The Balaban J connectivity index is 1.89. The third-order valence-corrected chi connectivity index (χ3v) is 4.19. The lowest BCUT2D eigenvalue weighted by atomic mass is 10.2. The van der Waals surface area contributed by atoms with Gasteiger partial charge in [0.1, 0.15) is 5.75 Å². The molecular formula is C17H15BrClN3O3S. The third kappa shape index (κ3) is 5.69. The molecule has 0 aliphatic heterocycles. The first kappa shape index (κ1) is 20.2. The Morgan fingerprint density at radius 2 is 1.73 bits per heavy atom. The number of ether oxygens (including phenoxy) is 1. The zero-order valence-corrected chi connectivity index (χ0v) is 16.8. The molecule has 0 saturated carbocycles. The minimum absolute atomic E-state index is 0.0395. The van der Waals surface area contributed by atoms with Crippen molar-refractivity contribution >= 4 is 56.7 Å². The average molecular weight is 457 g/mol. The summed E-state index contributed by atoms with van der Waals surface area (Å²) in [5, 5.41) is 2.96. The summed E-state index contributed by atoms with van der Waals surface area (Å²) >= 11 is 14.1. The quantitative estimate of drug-likeness (QED) is 0.485. The van der Waals surface area contributed by atoms with Crippen LogP contribution in [0.1, 0.15) is 27.6 Å². The summed E-state index contributed by atoms with van der Waals surface area (Å²) in [6.45, 7) is 2.39. The molecule has 0 atom stereocenters. The van der Waals surface area contributed by atoms with Gasteiger partial charge in [-0.25, -0.2) is 0 Å². The minimum atomic E-state index is -0.424. The van der Waals surface area contributed by atoms with Crippen LogP contribution in [0.2, 0.25) is 5.02 Å². The highest BCUT2D eigenvalue weighted by Crippen LogP contribution is 2.25. The third-order valence-electron chi connectivity index (χ3n) is 3.12. The molecule has 0 spiro atoms. The molecule has 26 heavy (non-hydrogen) atoms. The van der Waals surface area contributed by atoms with Crippen molar-refractivity contribution in [1.29, 1.82) is 0 Å². The SMILES string of the molecule is CCOc1ccc(C(=O)NC(=S)NNC(=O)c2ccc(Cl)cc2)cc1Br. The largest absolute Gasteiger partial charge is 0.493 e. The number of rotatable bonds is 4. The molecule has 2 aromatic carbocycles. The maximum absolute atomic E-state index is 12.2. The Hall–Kier alpha value is -2.16. The first-order valence-corrected chi connectivity index (χ1v) is 9.08. The molecule has 0 fully saturated rings. The lowest BCUT2D eigenvalue weighted by Crippen LogP contribution is -2.48. The van der Waals surface area contributed by atoms with E-state index in [-0.39, 0.29) is 5.11 Å². The normalized spacial score (nSPS) is 9.96. The number of benzene rings is 2. The maximum Gasteiger partial charge on any atom is 0.269 e. The first-order valence-electron chi connectivity index (χ1n) is 7.50. The van der Waals surface area contributed by atoms with Crippen LogP contribution in [0.4, 0.5) is 0 Å². The van der Waals surface area contributed by atoms with Gasteiger partial charge >= 0.3 is 0 Å². The summed E-state index contributed by atoms with van der Waals surface area (Å²) in [6.07, 6.45) is 0. The van der Waals surface area contributed by atoms with E-state index in [0.29, 0.717) is 33.0 Å². The Morgan fingerprint density at radius 3 is 2.35 bits per heavy atom. The van der Waals surface area contributed by atoms with Crippen molar-refractivity contribution in [3.8, 4) is 5.75 Å². The molecule has 2 rings (SSSR count). The summed E-state index contributed by atoms with van der Waals surface area (Å²) in [4.78, 5) is 24.2. The molecule has 0 saturated heterocycles. The van der Waals surface area contributed by atoms with Gasteiger partial charge in [0.25, 0.3) is 11.8 Å². The lowest BCUT2D eigenvalue weighted by molar-refractivity contribution is 0.0934. The summed E-state index contributed by atoms with van der Waals surface area (Å²) in [5.74, 6) is -0.200. The van der Waals surface area contributed by atoms with E-state index < -0.39 is 11.8 Å². The standard InChI is InChI=1S/C17H15BrClN3O3S/c1-2-25-14-8-5-11(9-13(14)18)15(23)20-17(26)22-21-16(24)10-3-6-12(19)7-4-10/h3-9H,2H2,1H3,(H,21,24)(H2,20,22,23,26). The van der Waals surface area contributed by atoms with Crippen LogP contribution in [0, 0.1) is 0 Å². The zero-order valence-electron chi connectivity index (χ0n) is 13.6. The Bertz CT molecular complexity index is 831. The van der Waals surface area contributed by atoms with Crippen molar-refractivity contribution in [2.45, 2.75) is 6.92 Å². The fraction of sp³-hybridized carbons (Fsp3) is 0.118. The van der Waals surface area contributed by atoms with Crippen LogP contribution in [0.3, 0.4) is 0 Å². The molecule has 0 unspecified atom stereocenters. The summed E-state index contributed by atoms with van der Waals surface area (Å²) < 4.78 is 6.05. The van der Waals surface area contributed by atoms with Crippen molar-refractivity contribution in [1.82, 2.24) is 16.2 Å². The van der Waals surface area contributed by atoms with E-state index in [1.165, 1.54) is 0 Å². The van der Waals surface area contributed by atoms with Crippen molar-refractivity contribution in [2.24, 2.45) is 0 Å². The van der Waals surface area contributed by atoms with Gasteiger partial charge in [-0.3, -0.25) is 25.8 Å². The van der Waals surface area contributed by atoms with E-state index in [0.717, 1.165) is 0 Å². The molecule has 9 heteroatoms. The van der Waals surface area contributed by atoms with Crippen molar-refractivity contribution < 1.29 is 14.3 Å². The molecule has 2 amide bonds. The van der Waals surface area contributed by atoms with E-state index in [2.05, 4.69) is 32.1 Å². The number of carbonyl (C=O) groups is 2. The molecule has 3 N–H and O–H groups in total. The predicted octanol–water partition coefficient (Wildman–Crippen LogP) is 3.45. The molecule has 2 aromatic rings. The van der Waals surface area contributed by atoms with Gasteiger partial charge in [-0.05, 0) is 77.5 Å². The van der Waals surface area contributed by atoms with Crippen LogP contribution in [-0.2, 0) is 0 Å². The molecule has 0 aromatic heterocycles. The predicted molar refractivity (Wildman–Crippen MR) is 107 cm³/mol. The van der Waals surface area contributed by atoms with Gasteiger partial charge in [0.05, 0.1) is 11.1 Å². The van der Waals surface area contributed by atoms with E-state index in [1.54, 1.807) is 42.5 Å². The molecule has 0 bridgehead atoms. The molecule has 6 nitrogen and oxygen atoms in total. The van der Waals surface area contributed by atoms with Gasteiger partial charge < -0.3 is 4.74 Å². The second kappa shape index (κ2) is 9.51. The van der Waals surface area contributed by atoms with Crippen molar-refractivity contribution in [2.75, 3.05) is 6.61 Å². The van der Waals surface area contributed by atoms with Crippen LogP contribution >= 0.6 is 39.7 Å². The Kier molecular flexibility index (Phi) is 7.38. The summed E-state index contributed by atoms with van der Waals surface area (Å²) in [6, 6.07) is 11.2. The smallest absolute Gasteiger partial charge is 0.269 e.